The van der Waals surface area contributed by atoms with Crippen molar-refractivity contribution in [3.05, 3.63) is 63.7 Å². The Hall–Kier alpha value is -2.91. The smallest absolute Gasteiger partial charge is 0.254 e. The van der Waals surface area contributed by atoms with E-state index < -0.39 is 0 Å². The molecule has 3 aromatic heterocycles. The molecular weight excluding hydrogens is 392 g/mol. The van der Waals surface area contributed by atoms with Crippen LogP contribution in [0.15, 0.2) is 42.2 Å². The number of aryl methyl sites for hydroxylation is 1. The molecule has 28 heavy (non-hydrogen) atoms. The van der Waals surface area contributed by atoms with E-state index in [9.17, 15) is 4.79 Å². The molecule has 1 aliphatic rings. The van der Waals surface area contributed by atoms with Crippen LogP contribution in [0.5, 0.6) is 0 Å². The van der Waals surface area contributed by atoms with Crippen LogP contribution in [0.3, 0.4) is 0 Å². The van der Waals surface area contributed by atoms with Gasteiger partial charge < -0.3 is 5.32 Å². The summed E-state index contributed by atoms with van der Waals surface area (Å²) >= 11 is 3.21. The quantitative estimate of drug-likeness (QED) is 0.548. The molecular formula is C19H16N6OS2. The van der Waals surface area contributed by atoms with Crippen LogP contribution >= 0.6 is 22.7 Å². The minimum atomic E-state index is -0.0791. The number of thiophene rings is 1. The molecule has 0 atom stereocenters. The summed E-state index contributed by atoms with van der Waals surface area (Å²) in [5.41, 5.74) is 3.95. The first-order valence-corrected chi connectivity index (χ1v) is 10.6. The maximum Gasteiger partial charge on any atom is 0.254 e. The second-order valence-corrected chi connectivity index (χ2v) is 8.49. The predicted octanol–water partition coefficient (Wildman–Crippen LogP) is 3.27. The van der Waals surface area contributed by atoms with Gasteiger partial charge in [0.25, 0.3) is 5.91 Å². The van der Waals surface area contributed by atoms with Crippen molar-refractivity contribution in [1.29, 1.82) is 0 Å². The number of carbonyl (C=O) groups excluding carboxylic acids is 1. The van der Waals surface area contributed by atoms with Crippen molar-refractivity contribution in [3.8, 4) is 15.6 Å². The molecule has 1 aromatic carbocycles. The highest BCUT2D eigenvalue weighted by Gasteiger charge is 2.27. The summed E-state index contributed by atoms with van der Waals surface area (Å²) < 4.78 is 1.58. The standard InChI is InChI=1S/C19H16N6OS2/c26-17(21-10-12-3-1-4-13(9-12)18-20-7-8-27-18)16-14-5-2-6-15(14)28-19(16)25-11-22-23-24-25/h1,3-4,7-9,11H,2,5-6,10H2,(H,21,26). The lowest BCUT2D eigenvalue weighted by Crippen LogP contribution is -2.24. The van der Waals surface area contributed by atoms with Crippen molar-refractivity contribution in [2.45, 2.75) is 25.8 Å². The van der Waals surface area contributed by atoms with Crippen LogP contribution in [0.25, 0.3) is 15.6 Å². The summed E-state index contributed by atoms with van der Waals surface area (Å²) in [5.74, 6) is -0.0791. The normalized spacial score (nSPS) is 12.9. The molecule has 0 radical (unpaired) electrons. The second kappa shape index (κ2) is 7.25. The summed E-state index contributed by atoms with van der Waals surface area (Å²) in [4.78, 5) is 18.7. The first-order chi connectivity index (χ1) is 13.8. The molecule has 4 aromatic rings. The highest BCUT2D eigenvalue weighted by molar-refractivity contribution is 7.15. The van der Waals surface area contributed by atoms with E-state index in [0.29, 0.717) is 12.1 Å². The molecule has 0 saturated heterocycles. The summed E-state index contributed by atoms with van der Waals surface area (Å²) in [6.45, 7) is 0.456. The van der Waals surface area contributed by atoms with Crippen LogP contribution in [0.1, 0.15) is 32.8 Å². The lowest BCUT2D eigenvalue weighted by atomic mass is 10.1. The second-order valence-electron chi connectivity index (χ2n) is 6.51. The van der Waals surface area contributed by atoms with Crippen molar-refractivity contribution in [2.75, 3.05) is 0 Å². The van der Waals surface area contributed by atoms with Gasteiger partial charge in [-0.3, -0.25) is 4.79 Å². The van der Waals surface area contributed by atoms with Crippen LogP contribution < -0.4 is 5.32 Å². The molecule has 0 saturated carbocycles. The molecule has 0 spiro atoms. The van der Waals surface area contributed by atoms with E-state index in [1.165, 1.54) is 11.2 Å². The number of nitrogens with zero attached hydrogens (tertiary/aromatic N) is 5. The van der Waals surface area contributed by atoms with Gasteiger partial charge in [-0.1, -0.05) is 18.2 Å². The minimum absolute atomic E-state index is 0.0791. The van der Waals surface area contributed by atoms with Crippen LogP contribution in [-0.4, -0.2) is 31.1 Å². The minimum Gasteiger partial charge on any atom is -0.348 e. The lowest BCUT2D eigenvalue weighted by molar-refractivity contribution is 0.0950. The Balaban J connectivity index is 1.39. The van der Waals surface area contributed by atoms with Gasteiger partial charge >= 0.3 is 0 Å². The van der Waals surface area contributed by atoms with Gasteiger partial charge in [-0.2, -0.15) is 4.68 Å². The molecule has 0 aliphatic heterocycles. The van der Waals surface area contributed by atoms with E-state index in [2.05, 4.69) is 31.9 Å². The van der Waals surface area contributed by atoms with Gasteiger partial charge in [0.05, 0.1) is 5.56 Å². The Morgan fingerprint density at radius 3 is 3.07 bits per heavy atom. The summed E-state index contributed by atoms with van der Waals surface area (Å²) in [5, 5.41) is 18.2. The van der Waals surface area contributed by atoms with Crippen molar-refractivity contribution in [2.24, 2.45) is 0 Å². The Kier molecular flexibility index (Phi) is 4.46. The molecule has 7 nitrogen and oxygen atoms in total. The zero-order valence-corrected chi connectivity index (χ0v) is 16.5. The average molecular weight is 409 g/mol. The van der Waals surface area contributed by atoms with Crippen LogP contribution in [0.2, 0.25) is 0 Å². The van der Waals surface area contributed by atoms with Crippen LogP contribution in [-0.2, 0) is 19.4 Å². The summed E-state index contributed by atoms with van der Waals surface area (Å²) in [6.07, 6.45) is 6.36. The third kappa shape index (κ3) is 3.12. The molecule has 5 rings (SSSR count). The molecule has 1 N–H and O–H groups in total. The van der Waals surface area contributed by atoms with Gasteiger partial charge in [-0.15, -0.1) is 27.8 Å². The Bertz CT molecular complexity index is 1120. The zero-order valence-electron chi connectivity index (χ0n) is 14.8. The highest BCUT2D eigenvalue weighted by atomic mass is 32.1. The van der Waals surface area contributed by atoms with Crippen LogP contribution in [0, 0.1) is 0 Å². The number of nitrogens with one attached hydrogen (secondary N) is 1. The van der Waals surface area contributed by atoms with Gasteiger partial charge in [0.2, 0.25) is 0 Å². The van der Waals surface area contributed by atoms with Crippen molar-refractivity contribution in [1.82, 2.24) is 30.5 Å². The SMILES string of the molecule is O=C(NCc1cccc(-c2nccs2)c1)c1c(-n2cnnn2)sc2c1CCC2. The number of amides is 1. The first kappa shape index (κ1) is 17.2. The number of hydrogen-bond donors (Lipinski definition) is 1. The Morgan fingerprint density at radius 2 is 2.25 bits per heavy atom. The van der Waals surface area contributed by atoms with Gasteiger partial charge in [0.15, 0.2) is 0 Å². The van der Waals surface area contributed by atoms with Gasteiger partial charge in [-0.25, -0.2) is 4.98 Å². The van der Waals surface area contributed by atoms with E-state index in [1.807, 2.05) is 23.6 Å². The predicted molar refractivity (Wildman–Crippen MR) is 108 cm³/mol. The Morgan fingerprint density at radius 1 is 1.29 bits per heavy atom. The van der Waals surface area contributed by atoms with Crippen LogP contribution in [0.4, 0.5) is 0 Å². The molecule has 140 valence electrons. The fraction of sp³-hybridized carbons (Fsp3) is 0.211. The maximum absolute atomic E-state index is 13.1. The summed E-state index contributed by atoms with van der Waals surface area (Å²) in [6, 6.07) is 8.11. The van der Waals surface area contributed by atoms with Gasteiger partial charge in [-0.05, 0) is 46.9 Å². The fourth-order valence-corrected chi connectivity index (χ4v) is 5.43. The fourth-order valence-electron chi connectivity index (χ4n) is 3.49. The number of rotatable bonds is 5. The van der Waals surface area contributed by atoms with Crippen molar-refractivity contribution in [3.63, 3.8) is 0 Å². The van der Waals surface area contributed by atoms with E-state index in [-0.39, 0.29) is 5.91 Å². The monoisotopic (exact) mass is 408 g/mol. The van der Waals surface area contributed by atoms with Gasteiger partial charge in [0, 0.05) is 28.6 Å². The van der Waals surface area contributed by atoms with Gasteiger partial charge in [0.1, 0.15) is 16.3 Å². The Labute approximate surface area is 169 Å². The highest BCUT2D eigenvalue weighted by Crippen LogP contribution is 2.37. The van der Waals surface area contributed by atoms with E-state index in [0.717, 1.165) is 46.0 Å². The largest absolute Gasteiger partial charge is 0.348 e. The number of carbonyl (C=O) groups is 1. The molecule has 9 heteroatoms. The molecule has 0 bridgehead atoms. The number of tetrazole rings is 1. The zero-order chi connectivity index (χ0) is 18.9. The molecule has 1 amide bonds. The average Bonchev–Trinajstić information content (AvgIpc) is 3.50. The van der Waals surface area contributed by atoms with Crippen molar-refractivity contribution >= 4 is 28.6 Å². The summed E-state index contributed by atoms with van der Waals surface area (Å²) in [7, 11) is 0. The molecule has 3 heterocycles. The molecule has 1 aliphatic carbocycles. The topological polar surface area (TPSA) is 85.6 Å². The lowest BCUT2D eigenvalue weighted by Gasteiger charge is -2.09. The van der Waals surface area contributed by atoms with Crippen molar-refractivity contribution < 1.29 is 4.79 Å². The van der Waals surface area contributed by atoms with E-state index in [1.54, 1.807) is 33.6 Å². The number of hydrogen-bond acceptors (Lipinski definition) is 7. The molecule has 0 fully saturated rings. The third-order valence-corrected chi connectivity index (χ3v) is 6.85. The first-order valence-electron chi connectivity index (χ1n) is 8.94. The molecule has 0 unspecified atom stereocenters. The maximum atomic E-state index is 13.1. The third-order valence-electron chi connectivity index (χ3n) is 4.75. The number of benzene rings is 1. The van der Waals surface area contributed by atoms with E-state index in [4.69, 9.17) is 0 Å². The number of thiazole rings is 1. The number of aromatic nitrogens is 5. The van der Waals surface area contributed by atoms with E-state index >= 15 is 0 Å². The number of fused-ring (bicyclic) bond motifs is 1.